The Morgan fingerprint density at radius 1 is 1.24 bits per heavy atom. The van der Waals surface area contributed by atoms with Gasteiger partial charge in [-0.05, 0) is 26.3 Å². The molecule has 2 rings (SSSR count). The van der Waals surface area contributed by atoms with Crippen molar-refractivity contribution in [3.63, 3.8) is 0 Å². The number of quaternary nitrogens is 2. The number of likely N-dealkylation sites (N-methyl/N-ethyl adjacent to an activating group) is 1. The van der Waals surface area contributed by atoms with Crippen LogP contribution in [0, 0.1) is 6.92 Å². The Morgan fingerprint density at radius 2 is 1.90 bits per heavy atom. The molecule has 1 aliphatic heterocycles. The van der Waals surface area contributed by atoms with Crippen LogP contribution in [0.1, 0.15) is 25.0 Å². The molecule has 4 nitrogen and oxygen atoms in total. The minimum atomic E-state index is 0.0740. The first-order valence-corrected chi connectivity index (χ1v) is 8.12. The van der Waals surface area contributed by atoms with Crippen LogP contribution < -0.4 is 15.1 Å². The number of piperazine rings is 1. The van der Waals surface area contributed by atoms with Crippen LogP contribution in [0.4, 0.5) is 0 Å². The van der Waals surface area contributed by atoms with Gasteiger partial charge in [0, 0.05) is 12.1 Å². The molecule has 116 valence electrons. The molecule has 1 aromatic carbocycles. The fourth-order valence-electron chi connectivity index (χ4n) is 3.12. The molecular weight excluding hydrogens is 262 g/mol. The Bertz CT molecular complexity index is 467. The van der Waals surface area contributed by atoms with E-state index >= 15 is 0 Å². The number of carbonyl (C=O) groups excluding carboxylic acids is 1. The van der Waals surface area contributed by atoms with E-state index in [0.29, 0.717) is 0 Å². The zero-order valence-corrected chi connectivity index (χ0v) is 13.5. The smallest absolute Gasteiger partial charge is 0.278 e. The lowest BCUT2D eigenvalue weighted by molar-refractivity contribution is -1.02. The fourth-order valence-corrected chi connectivity index (χ4v) is 3.12. The highest BCUT2D eigenvalue weighted by Gasteiger charge is 2.30. The third kappa shape index (κ3) is 4.29. The maximum absolute atomic E-state index is 11.9. The van der Waals surface area contributed by atoms with Gasteiger partial charge in [-0.3, -0.25) is 4.79 Å². The summed E-state index contributed by atoms with van der Waals surface area (Å²) in [6, 6.07) is 8.72. The van der Waals surface area contributed by atoms with Gasteiger partial charge in [0.1, 0.15) is 32.7 Å². The van der Waals surface area contributed by atoms with Crippen molar-refractivity contribution in [2.45, 2.75) is 33.4 Å². The van der Waals surface area contributed by atoms with Gasteiger partial charge in [0.25, 0.3) is 5.91 Å². The normalized spacial score (nSPS) is 23.6. The Morgan fingerprint density at radius 3 is 2.52 bits per heavy atom. The second kappa shape index (κ2) is 7.57. The number of hydrogen-bond donors (Lipinski definition) is 3. The number of rotatable bonds is 5. The average Bonchev–Trinajstić information content (AvgIpc) is 2.50. The summed E-state index contributed by atoms with van der Waals surface area (Å²) in [6.07, 6.45) is 0. The maximum Gasteiger partial charge on any atom is 0.278 e. The Hall–Kier alpha value is -1.39. The van der Waals surface area contributed by atoms with Gasteiger partial charge in [-0.1, -0.05) is 24.3 Å². The van der Waals surface area contributed by atoms with Crippen molar-refractivity contribution in [1.82, 2.24) is 5.32 Å². The molecule has 3 N–H and O–H groups in total. The molecular formula is C17H29N3O+2. The number of carbonyl (C=O) groups is 1. The molecule has 1 atom stereocenters. The summed E-state index contributed by atoms with van der Waals surface area (Å²) in [6.45, 7) is 12.5. The molecule has 0 radical (unpaired) electrons. The lowest BCUT2D eigenvalue weighted by atomic mass is 10.1. The molecule has 1 aliphatic rings. The lowest BCUT2D eigenvalue weighted by Crippen LogP contribution is -3.29. The monoisotopic (exact) mass is 291 g/mol. The van der Waals surface area contributed by atoms with E-state index in [0.717, 1.165) is 39.3 Å². The third-order valence-corrected chi connectivity index (χ3v) is 4.66. The number of nitrogens with one attached hydrogen (secondary N) is 3. The summed E-state index contributed by atoms with van der Waals surface area (Å²) in [5.74, 6) is 0.190. The highest BCUT2D eigenvalue weighted by atomic mass is 16.2. The number of aryl methyl sites for hydroxylation is 1. The van der Waals surface area contributed by atoms with Crippen LogP contribution in [0.5, 0.6) is 0 Å². The van der Waals surface area contributed by atoms with Gasteiger partial charge < -0.3 is 15.1 Å². The largest absolute Gasteiger partial charge is 0.351 e. The SMILES string of the molecule is CCNC(=O)[C@H](C)[NH+]1CC[NH+](Cc2ccccc2C)CC1. The molecule has 21 heavy (non-hydrogen) atoms. The summed E-state index contributed by atoms with van der Waals surface area (Å²) in [5.41, 5.74) is 2.84. The van der Waals surface area contributed by atoms with Crippen molar-refractivity contribution in [3.8, 4) is 0 Å². The summed E-state index contributed by atoms with van der Waals surface area (Å²) >= 11 is 0. The van der Waals surface area contributed by atoms with Crippen molar-refractivity contribution in [2.24, 2.45) is 0 Å². The van der Waals surface area contributed by atoms with E-state index < -0.39 is 0 Å². The first-order valence-electron chi connectivity index (χ1n) is 8.12. The van der Waals surface area contributed by atoms with Crippen LogP contribution >= 0.6 is 0 Å². The van der Waals surface area contributed by atoms with E-state index in [1.54, 1.807) is 4.90 Å². The van der Waals surface area contributed by atoms with Crippen LogP contribution in [0.2, 0.25) is 0 Å². The maximum atomic E-state index is 11.9. The molecule has 1 heterocycles. The van der Waals surface area contributed by atoms with Crippen LogP contribution in [0.3, 0.4) is 0 Å². The molecule has 4 heteroatoms. The van der Waals surface area contributed by atoms with Gasteiger partial charge >= 0.3 is 0 Å². The van der Waals surface area contributed by atoms with Crippen LogP contribution in [-0.2, 0) is 11.3 Å². The van der Waals surface area contributed by atoms with Gasteiger partial charge in [-0.25, -0.2) is 0 Å². The van der Waals surface area contributed by atoms with Crippen LogP contribution in [0.15, 0.2) is 24.3 Å². The van der Waals surface area contributed by atoms with Crippen molar-refractivity contribution in [3.05, 3.63) is 35.4 Å². The number of benzene rings is 1. The molecule has 1 fully saturated rings. The molecule has 1 amide bonds. The number of amides is 1. The zero-order chi connectivity index (χ0) is 15.2. The van der Waals surface area contributed by atoms with E-state index in [2.05, 4.69) is 36.5 Å². The topological polar surface area (TPSA) is 38.0 Å². The summed E-state index contributed by atoms with van der Waals surface area (Å²) in [7, 11) is 0. The molecule has 1 aromatic rings. The van der Waals surface area contributed by atoms with Crippen LogP contribution in [-0.4, -0.2) is 44.7 Å². The average molecular weight is 291 g/mol. The van der Waals surface area contributed by atoms with Crippen molar-refractivity contribution in [2.75, 3.05) is 32.7 Å². The molecule has 0 saturated carbocycles. The standard InChI is InChI=1S/C17H27N3O/c1-4-18-17(21)15(3)20-11-9-19(10-12-20)13-16-8-6-5-7-14(16)2/h5-8,15H,4,9-13H2,1-3H3,(H,18,21)/p+2/t15-/m0/s1. The van der Waals surface area contributed by atoms with Crippen LogP contribution in [0.25, 0.3) is 0 Å². The Balaban J connectivity index is 1.83. The molecule has 0 aromatic heterocycles. The minimum Gasteiger partial charge on any atom is -0.351 e. The fraction of sp³-hybridized carbons (Fsp3) is 0.588. The van der Waals surface area contributed by atoms with E-state index in [1.165, 1.54) is 16.0 Å². The predicted molar refractivity (Wildman–Crippen MR) is 84.4 cm³/mol. The predicted octanol–water partition coefficient (Wildman–Crippen LogP) is -1.20. The molecule has 0 unspecified atom stereocenters. The van der Waals surface area contributed by atoms with E-state index in [-0.39, 0.29) is 11.9 Å². The van der Waals surface area contributed by atoms with Crippen molar-refractivity contribution >= 4 is 5.91 Å². The van der Waals surface area contributed by atoms with Crippen molar-refractivity contribution in [1.29, 1.82) is 0 Å². The van der Waals surface area contributed by atoms with Gasteiger partial charge in [0.05, 0.1) is 0 Å². The summed E-state index contributed by atoms with van der Waals surface area (Å²) < 4.78 is 0. The van der Waals surface area contributed by atoms with E-state index in [4.69, 9.17) is 0 Å². The Kier molecular flexibility index (Phi) is 5.76. The molecule has 1 saturated heterocycles. The second-order valence-electron chi connectivity index (χ2n) is 6.13. The quantitative estimate of drug-likeness (QED) is 0.627. The highest BCUT2D eigenvalue weighted by molar-refractivity contribution is 5.79. The van der Waals surface area contributed by atoms with Crippen molar-refractivity contribution < 1.29 is 14.6 Å². The first-order chi connectivity index (χ1) is 10.1. The van der Waals surface area contributed by atoms with Gasteiger partial charge in [0.15, 0.2) is 6.04 Å². The molecule has 0 spiro atoms. The van der Waals surface area contributed by atoms with Gasteiger partial charge in [-0.15, -0.1) is 0 Å². The third-order valence-electron chi connectivity index (χ3n) is 4.66. The minimum absolute atomic E-state index is 0.0740. The molecule has 0 aliphatic carbocycles. The molecule has 0 bridgehead atoms. The van der Waals surface area contributed by atoms with E-state index in [9.17, 15) is 4.79 Å². The Labute approximate surface area is 128 Å². The second-order valence-corrected chi connectivity index (χ2v) is 6.13. The lowest BCUT2D eigenvalue weighted by Gasteiger charge is -2.32. The van der Waals surface area contributed by atoms with Gasteiger partial charge in [-0.2, -0.15) is 0 Å². The summed E-state index contributed by atoms with van der Waals surface area (Å²) in [5, 5.41) is 2.93. The zero-order valence-electron chi connectivity index (χ0n) is 13.5. The highest BCUT2D eigenvalue weighted by Crippen LogP contribution is 2.04. The summed E-state index contributed by atoms with van der Waals surface area (Å²) in [4.78, 5) is 15.0. The van der Waals surface area contributed by atoms with E-state index in [1.807, 2.05) is 13.8 Å². The first kappa shape index (κ1) is 16.0. The van der Waals surface area contributed by atoms with Gasteiger partial charge in [0.2, 0.25) is 0 Å². The number of hydrogen-bond acceptors (Lipinski definition) is 1.